The molecule has 0 heterocycles. The van der Waals surface area contributed by atoms with Crippen molar-refractivity contribution < 1.29 is 0 Å². The van der Waals surface area contributed by atoms with E-state index in [4.69, 9.17) is 0 Å². The Hall–Kier alpha value is 0.140. The van der Waals surface area contributed by atoms with Crippen LogP contribution in [0.5, 0.6) is 0 Å². The molecule has 0 N–H and O–H groups in total. The predicted molar refractivity (Wildman–Crippen MR) is 72.6 cm³/mol. The third-order valence-corrected chi connectivity index (χ3v) is 3.79. The Morgan fingerprint density at radius 2 is 2.36 bits per heavy atom. The number of hydrogen-bond donors (Lipinski definition) is 0. The zero-order valence-electron chi connectivity index (χ0n) is 9.06. The monoisotopic (exact) mass is 305 g/mol. The first-order valence-corrected chi connectivity index (χ1v) is 6.97. The molecule has 1 rings (SSSR count). The molecule has 1 fully saturated rings. The van der Waals surface area contributed by atoms with Crippen LogP contribution in [0.4, 0.5) is 0 Å². The maximum Gasteiger partial charge on any atom is 0.0393 e. The van der Waals surface area contributed by atoms with Gasteiger partial charge >= 0.3 is 0 Å². The molecule has 2 heteroatoms. The van der Waals surface area contributed by atoms with Crippen molar-refractivity contribution >= 4 is 28.8 Å². The molecule has 0 bridgehead atoms. The second kappa shape index (κ2) is 5.89. The number of halogens is 1. The van der Waals surface area contributed by atoms with E-state index in [0.717, 1.165) is 6.54 Å². The van der Waals surface area contributed by atoms with Crippen LogP contribution in [-0.4, -0.2) is 17.2 Å². The summed E-state index contributed by atoms with van der Waals surface area (Å²) in [6.45, 7) is 7.43. The van der Waals surface area contributed by atoms with Crippen molar-refractivity contribution in [2.24, 2.45) is 10.4 Å². The van der Waals surface area contributed by atoms with Crippen LogP contribution in [0.1, 0.15) is 39.0 Å². The van der Waals surface area contributed by atoms with E-state index < -0.39 is 0 Å². The normalized spacial score (nSPS) is 28.6. The summed E-state index contributed by atoms with van der Waals surface area (Å²) in [5, 5.41) is 0. The molecule has 0 aromatic rings. The van der Waals surface area contributed by atoms with E-state index in [9.17, 15) is 0 Å². The van der Waals surface area contributed by atoms with Gasteiger partial charge in [0.15, 0.2) is 0 Å². The van der Waals surface area contributed by atoms with E-state index in [0.29, 0.717) is 0 Å². The fourth-order valence-electron chi connectivity index (χ4n) is 1.87. The van der Waals surface area contributed by atoms with E-state index >= 15 is 0 Å². The molecular weight excluding hydrogens is 285 g/mol. The van der Waals surface area contributed by atoms with Crippen LogP contribution in [0.25, 0.3) is 0 Å². The minimum absolute atomic E-state index is 0.198. The summed E-state index contributed by atoms with van der Waals surface area (Å²) in [7, 11) is 0. The van der Waals surface area contributed by atoms with Crippen molar-refractivity contribution in [3.63, 3.8) is 0 Å². The third-order valence-electron chi connectivity index (χ3n) is 3.03. The largest absolute Gasteiger partial charge is 0.297 e. The Morgan fingerprint density at radius 1 is 1.57 bits per heavy atom. The number of allylic oxidation sites excluding steroid dienone is 1. The lowest BCUT2D eigenvalue weighted by Gasteiger charge is -2.32. The molecule has 1 atom stereocenters. The van der Waals surface area contributed by atoms with E-state index in [-0.39, 0.29) is 5.41 Å². The van der Waals surface area contributed by atoms with Crippen molar-refractivity contribution in [1.82, 2.24) is 0 Å². The standard InChI is InChI=1S/C12H20IN/c1-11-6-3-4-7-12(11,2)10-14-9-5-8-13/h10H,1,3-9H2,2H3. The zero-order valence-corrected chi connectivity index (χ0v) is 11.2. The highest BCUT2D eigenvalue weighted by Gasteiger charge is 2.27. The van der Waals surface area contributed by atoms with Gasteiger partial charge in [-0.25, -0.2) is 0 Å². The molecule has 1 nitrogen and oxygen atoms in total. The van der Waals surface area contributed by atoms with E-state index in [1.165, 1.54) is 42.1 Å². The van der Waals surface area contributed by atoms with Crippen molar-refractivity contribution in [2.45, 2.75) is 39.0 Å². The quantitative estimate of drug-likeness (QED) is 0.245. The van der Waals surface area contributed by atoms with Crippen molar-refractivity contribution in [3.05, 3.63) is 12.2 Å². The highest BCUT2D eigenvalue weighted by Crippen LogP contribution is 2.37. The lowest BCUT2D eigenvalue weighted by atomic mass is 9.73. The van der Waals surface area contributed by atoms with Gasteiger partial charge in [-0.1, -0.05) is 48.1 Å². The Balaban J connectivity index is 2.46. The number of nitrogens with zero attached hydrogens (tertiary/aromatic N) is 1. The summed E-state index contributed by atoms with van der Waals surface area (Å²) >= 11 is 2.40. The smallest absolute Gasteiger partial charge is 0.0393 e. The van der Waals surface area contributed by atoms with Crippen LogP contribution in [0.3, 0.4) is 0 Å². The van der Waals surface area contributed by atoms with Crippen LogP contribution in [0.15, 0.2) is 17.1 Å². The molecule has 0 aliphatic heterocycles. The molecule has 0 aromatic carbocycles. The van der Waals surface area contributed by atoms with Crippen LogP contribution in [-0.2, 0) is 0 Å². The number of aliphatic imine (C=N–C) groups is 1. The van der Waals surface area contributed by atoms with Gasteiger partial charge in [-0.05, 0) is 25.7 Å². The lowest BCUT2D eigenvalue weighted by molar-refractivity contribution is 0.417. The predicted octanol–water partition coefficient (Wildman–Crippen LogP) is 4.02. The summed E-state index contributed by atoms with van der Waals surface area (Å²) in [4.78, 5) is 4.52. The first-order chi connectivity index (χ1) is 6.69. The number of alkyl halides is 1. The second-order valence-corrected chi connectivity index (χ2v) is 5.38. The van der Waals surface area contributed by atoms with Crippen LogP contribution >= 0.6 is 22.6 Å². The van der Waals surface area contributed by atoms with E-state index in [2.05, 4.69) is 47.3 Å². The molecule has 14 heavy (non-hydrogen) atoms. The number of rotatable bonds is 4. The summed E-state index contributed by atoms with van der Waals surface area (Å²) in [6, 6.07) is 0. The molecular formula is C12H20IN. The zero-order chi connectivity index (χ0) is 10.4. The highest BCUT2D eigenvalue weighted by atomic mass is 127. The van der Waals surface area contributed by atoms with Crippen LogP contribution in [0.2, 0.25) is 0 Å². The molecule has 0 radical (unpaired) electrons. The Kier molecular flexibility index (Phi) is 5.13. The van der Waals surface area contributed by atoms with Crippen molar-refractivity contribution in [2.75, 3.05) is 11.0 Å². The first kappa shape index (κ1) is 12.2. The van der Waals surface area contributed by atoms with Gasteiger partial charge in [0.25, 0.3) is 0 Å². The molecule has 0 saturated heterocycles. The Bertz CT molecular complexity index is 222. The first-order valence-electron chi connectivity index (χ1n) is 5.44. The van der Waals surface area contributed by atoms with Gasteiger partial charge in [0.2, 0.25) is 0 Å². The van der Waals surface area contributed by atoms with Gasteiger partial charge < -0.3 is 0 Å². The van der Waals surface area contributed by atoms with Gasteiger partial charge in [0.1, 0.15) is 0 Å². The molecule has 80 valence electrons. The van der Waals surface area contributed by atoms with Gasteiger partial charge in [0.05, 0.1) is 0 Å². The minimum atomic E-state index is 0.198. The van der Waals surface area contributed by atoms with Crippen LogP contribution in [0, 0.1) is 5.41 Å². The molecule has 1 aliphatic carbocycles. The fraction of sp³-hybridized carbons (Fsp3) is 0.750. The summed E-state index contributed by atoms with van der Waals surface area (Å²) in [5.74, 6) is 0. The van der Waals surface area contributed by atoms with E-state index in [1.54, 1.807) is 0 Å². The van der Waals surface area contributed by atoms with Crippen molar-refractivity contribution in [3.8, 4) is 0 Å². The van der Waals surface area contributed by atoms with Gasteiger partial charge in [-0.2, -0.15) is 0 Å². The third kappa shape index (κ3) is 3.37. The molecule has 0 aromatic heterocycles. The summed E-state index contributed by atoms with van der Waals surface area (Å²) in [6.07, 6.45) is 8.42. The summed E-state index contributed by atoms with van der Waals surface area (Å²) < 4.78 is 1.20. The Labute approximate surface area is 101 Å². The molecule has 1 aliphatic rings. The average molecular weight is 305 g/mol. The SMILES string of the molecule is C=C1CCCCC1(C)C=NCCCI. The molecule has 0 amide bonds. The van der Waals surface area contributed by atoms with E-state index in [1.807, 2.05) is 0 Å². The summed E-state index contributed by atoms with van der Waals surface area (Å²) in [5.41, 5.74) is 1.57. The highest BCUT2D eigenvalue weighted by molar-refractivity contribution is 14.1. The average Bonchev–Trinajstić information content (AvgIpc) is 2.18. The molecule has 0 spiro atoms. The molecule has 1 unspecified atom stereocenters. The minimum Gasteiger partial charge on any atom is -0.297 e. The van der Waals surface area contributed by atoms with Crippen LogP contribution < -0.4 is 0 Å². The van der Waals surface area contributed by atoms with Gasteiger partial charge in [-0.3, -0.25) is 4.99 Å². The topological polar surface area (TPSA) is 12.4 Å². The maximum atomic E-state index is 4.52. The van der Waals surface area contributed by atoms with Crippen molar-refractivity contribution in [1.29, 1.82) is 0 Å². The maximum absolute atomic E-state index is 4.52. The second-order valence-electron chi connectivity index (χ2n) is 4.31. The Morgan fingerprint density at radius 3 is 3.00 bits per heavy atom. The lowest BCUT2D eigenvalue weighted by Crippen LogP contribution is -2.24. The fourth-order valence-corrected chi connectivity index (χ4v) is 2.21. The number of hydrogen-bond acceptors (Lipinski definition) is 1. The van der Waals surface area contributed by atoms with Gasteiger partial charge in [-0.15, -0.1) is 0 Å². The van der Waals surface area contributed by atoms with Gasteiger partial charge in [0, 0.05) is 22.6 Å². The molecule has 1 saturated carbocycles.